The first-order chi connectivity index (χ1) is 5.24. The van der Waals surface area contributed by atoms with E-state index in [1.165, 1.54) is 0 Å². The van der Waals surface area contributed by atoms with Crippen LogP contribution in [-0.2, 0) is 9.59 Å². The van der Waals surface area contributed by atoms with E-state index in [2.05, 4.69) is 10.6 Å². The van der Waals surface area contributed by atoms with Crippen LogP contribution in [0.4, 0.5) is 0 Å². The van der Waals surface area contributed by atoms with Gasteiger partial charge < -0.3 is 16.4 Å². The Bertz CT molecular complexity index is 181. The van der Waals surface area contributed by atoms with Gasteiger partial charge in [-0.05, 0) is 13.0 Å². The van der Waals surface area contributed by atoms with Crippen molar-refractivity contribution < 1.29 is 9.59 Å². The minimum atomic E-state index is -0.429. The Kier molecular flexibility index (Phi) is 2.43. The van der Waals surface area contributed by atoms with Gasteiger partial charge in [-0.25, -0.2) is 0 Å². The third kappa shape index (κ3) is 1.91. The molecule has 1 atom stereocenters. The highest BCUT2D eigenvalue weighted by Gasteiger charge is 2.24. The molecule has 1 rings (SSSR count). The van der Waals surface area contributed by atoms with E-state index >= 15 is 0 Å². The van der Waals surface area contributed by atoms with Crippen molar-refractivity contribution in [3.8, 4) is 0 Å². The van der Waals surface area contributed by atoms with Crippen molar-refractivity contribution in [3.63, 3.8) is 0 Å². The molecule has 0 aromatic heterocycles. The van der Waals surface area contributed by atoms with Crippen LogP contribution in [0.15, 0.2) is 0 Å². The predicted octanol–water partition coefficient (Wildman–Crippen LogP) is -2.05. The largest absolute Gasteiger partial charge is 0.345 e. The molecule has 0 spiro atoms. The summed E-state index contributed by atoms with van der Waals surface area (Å²) < 4.78 is 0. The molecular formula is C6H11N3O2. The quantitative estimate of drug-likeness (QED) is 0.431. The molecule has 0 unspecified atom stereocenters. The van der Waals surface area contributed by atoms with E-state index in [1.54, 1.807) is 0 Å². The van der Waals surface area contributed by atoms with Crippen LogP contribution in [0.2, 0.25) is 0 Å². The Morgan fingerprint density at radius 3 is 2.91 bits per heavy atom. The fourth-order valence-electron chi connectivity index (χ4n) is 0.971. The monoisotopic (exact) mass is 157 g/mol. The fraction of sp³-hybridized carbons (Fsp3) is 0.667. The molecule has 62 valence electrons. The van der Waals surface area contributed by atoms with Gasteiger partial charge in [0.2, 0.25) is 11.8 Å². The number of hydrogen-bond donors (Lipinski definition) is 3. The highest BCUT2D eigenvalue weighted by Crippen LogP contribution is 1.93. The molecule has 1 aliphatic rings. The number of rotatable bonds is 2. The summed E-state index contributed by atoms with van der Waals surface area (Å²) in [6, 6.07) is -0.429. The second-order valence-corrected chi connectivity index (χ2v) is 2.42. The summed E-state index contributed by atoms with van der Waals surface area (Å²) in [6.45, 7) is 0.484. The highest BCUT2D eigenvalue weighted by atomic mass is 16.2. The van der Waals surface area contributed by atoms with Crippen molar-refractivity contribution >= 4 is 11.8 Å². The SMILES string of the molecule is NCC[C@@H]1NC(=O)CNC1=O. The molecule has 0 saturated carbocycles. The molecule has 2 amide bonds. The Morgan fingerprint density at radius 1 is 1.55 bits per heavy atom. The van der Waals surface area contributed by atoms with Gasteiger partial charge in [0.05, 0.1) is 6.54 Å². The van der Waals surface area contributed by atoms with Crippen LogP contribution in [0.1, 0.15) is 6.42 Å². The Hall–Kier alpha value is -1.10. The van der Waals surface area contributed by atoms with Crippen LogP contribution in [0, 0.1) is 0 Å². The van der Waals surface area contributed by atoms with Gasteiger partial charge >= 0.3 is 0 Å². The lowest BCUT2D eigenvalue weighted by Crippen LogP contribution is -2.56. The van der Waals surface area contributed by atoms with Crippen molar-refractivity contribution in [2.75, 3.05) is 13.1 Å². The third-order valence-electron chi connectivity index (χ3n) is 1.53. The Morgan fingerprint density at radius 2 is 2.27 bits per heavy atom. The first kappa shape index (κ1) is 8.00. The van der Waals surface area contributed by atoms with Crippen LogP contribution in [0.3, 0.4) is 0 Å². The normalized spacial score (nSPS) is 24.3. The van der Waals surface area contributed by atoms with Gasteiger partial charge in [0, 0.05) is 0 Å². The third-order valence-corrected chi connectivity index (χ3v) is 1.53. The molecule has 0 radical (unpaired) electrons. The van der Waals surface area contributed by atoms with Crippen molar-refractivity contribution in [2.24, 2.45) is 5.73 Å². The Labute approximate surface area is 64.3 Å². The summed E-state index contributed by atoms with van der Waals surface area (Å²) in [7, 11) is 0. The molecule has 1 heterocycles. The number of amides is 2. The standard InChI is InChI=1S/C6H11N3O2/c7-2-1-4-6(11)8-3-5(10)9-4/h4H,1-3,7H2,(H,8,11)(H,9,10)/t4-/m0/s1. The summed E-state index contributed by atoms with van der Waals surface area (Å²) >= 11 is 0. The molecule has 1 saturated heterocycles. The summed E-state index contributed by atoms with van der Waals surface area (Å²) in [5, 5.41) is 5.00. The minimum Gasteiger partial charge on any atom is -0.345 e. The zero-order valence-corrected chi connectivity index (χ0v) is 6.09. The van der Waals surface area contributed by atoms with Crippen LogP contribution in [-0.4, -0.2) is 30.9 Å². The Balaban J connectivity index is 2.47. The van der Waals surface area contributed by atoms with E-state index in [0.29, 0.717) is 13.0 Å². The molecule has 0 aliphatic carbocycles. The van der Waals surface area contributed by atoms with Gasteiger partial charge in [-0.1, -0.05) is 0 Å². The summed E-state index contributed by atoms with van der Waals surface area (Å²) in [5.74, 6) is -0.293. The molecule has 1 fully saturated rings. The van der Waals surface area contributed by atoms with E-state index in [1.807, 2.05) is 0 Å². The second kappa shape index (κ2) is 3.34. The van der Waals surface area contributed by atoms with Gasteiger partial charge in [-0.2, -0.15) is 0 Å². The van der Waals surface area contributed by atoms with Gasteiger partial charge in [0.25, 0.3) is 0 Å². The maximum Gasteiger partial charge on any atom is 0.243 e. The molecule has 0 bridgehead atoms. The van der Waals surface area contributed by atoms with Crippen LogP contribution < -0.4 is 16.4 Å². The minimum absolute atomic E-state index is 0.0832. The van der Waals surface area contributed by atoms with Crippen LogP contribution in [0.25, 0.3) is 0 Å². The molecule has 11 heavy (non-hydrogen) atoms. The number of piperazine rings is 1. The average Bonchev–Trinajstić information content (AvgIpc) is 1.98. The molecule has 0 aromatic rings. The summed E-state index contributed by atoms with van der Waals surface area (Å²) in [4.78, 5) is 21.7. The second-order valence-electron chi connectivity index (χ2n) is 2.42. The lowest BCUT2D eigenvalue weighted by Gasteiger charge is -2.22. The van der Waals surface area contributed by atoms with Gasteiger partial charge in [0.15, 0.2) is 0 Å². The van der Waals surface area contributed by atoms with Crippen LogP contribution >= 0.6 is 0 Å². The maximum atomic E-state index is 10.9. The zero-order valence-electron chi connectivity index (χ0n) is 6.09. The van der Waals surface area contributed by atoms with E-state index in [0.717, 1.165) is 0 Å². The van der Waals surface area contributed by atoms with Crippen molar-refractivity contribution in [2.45, 2.75) is 12.5 Å². The van der Waals surface area contributed by atoms with E-state index in [9.17, 15) is 9.59 Å². The lowest BCUT2D eigenvalue weighted by molar-refractivity contribution is -0.133. The van der Waals surface area contributed by atoms with Crippen molar-refractivity contribution in [1.29, 1.82) is 0 Å². The van der Waals surface area contributed by atoms with E-state index in [-0.39, 0.29) is 18.4 Å². The number of nitrogens with one attached hydrogen (secondary N) is 2. The van der Waals surface area contributed by atoms with E-state index < -0.39 is 6.04 Å². The molecule has 4 N–H and O–H groups in total. The summed E-state index contributed by atoms with van der Waals surface area (Å²) in [6.07, 6.45) is 0.498. The maximum absolute atomic E-state index is 10.9. The molecular weight excluding hydrogens is 146 g/mol. The molecule has 5 heteroatoms. The molecule has 1 aliphatic heterocycles. The van der Waals surface area contributed by atoms with Gasteiger partial charge in [0.1, 0.15) is 6.04 Å². The van der Waals surface area contributed by atoms with E-state index in [4.69, 9.17) is 5.73 Å². The first-order valence-electron chi connectivity index (χ1n) is 3.51. The number of nitrogens with two attached hydrogens (primary N) is 1. The number of hydrogen-bond acceptors (Lipinski definition) is 3. The lowest BCUT2D eigenvalue weighted by atomic mass is 10.1. The predicted molar refractivity (Wildman–Crippen MR) is 38.6 cm³/mol. The van der Waals surface area contributed by atoms with Gasteiger partial charge in [-0.15, -0.1) is 0 Å². The zero-order chi connectivity index (χ0) is 8.27. The first-order valence-corrected chi connectivity index (χ1v) is 3.51. The van der Waals surface area contributed by atoms with Crippen molar-refractivity contribution in [3.05, 3.63) is 0 Å². The molecule has 5 nitrogen and oxygen atoms in total. The van der Waals surface area contributed by atoms with Crippen LogP contribution in [0.5, 0.6) is 0 Å². The number of carbonyl (C=O) groups excluding carboxylic acids is 2. The fourth-order valence-corrected chi connectivity index (χ4v) is 0.971. The van der Waals surface area contributed by atoms with Crippen molar-refractivity contribution in [1.82, 2.24) is 10.6 Å². The highest BCUT2D eigenvalue weighted by molar-refractivity contribution is 5.94. The molecule has 0 aromatic carbocycles. The average molecular weight is 157 g/mol. The summed E-state index contributed by atoms with van der Waals surface area (Å²) in [5.41, 5.74) is 5.24. The number of carbonyl (C=O) groups is 2. The topological polar surface area (TPSA) is 84.2 Å². The smallest absolute Gasteiger partial charge is 0.243 e. The van der Waals surface area contributed by atoms with Gasteiger partial charge in [-0.3, -0.25) is 9.59 Å².